The van der Waals surface area contributed by atoms with E-state index in [9.17, 15) is 9.59 Å². The Labute approximate surface area is 63.9 Å². The van der Waals surface area contributed by atoms with Crippen molar-refractivity contribution in [3.05, 3.63) is 0 Å². The van der Waals surface area contributed by atoms with Crippen molar-refractivity contribution >= 4 is 12.4 Å². The predicted molar refractivity (Wildman–Crippen MR) is 34.7 cm³/mol. The van der Waals surface area contributed by atoms with Crippen LogP contribution in [-0.2, 0) is 19.1 Å². The summed E-state index contributed by atoms with van der Waals surface area (Å²) in [4.78, 5) is 20.0. The second-order valence-corrected chi connectivity index (χ2v) is 1.84. The van der Waals surface area contributed by atoms with E-state index in [1.807, 2.05) is 0 Å². The minimum absolute atomic E-state index is 0.112. The van der Waals surface area contributed by atoms with Gasteiger partial charge in [0, 0.05) is 6.92 Å². The van der Waals surface area contributed by atoms with Gasteiger partial charge in [0.2, 0.25) is 0 Å². The van der Waals surface area contributed by atoms with E-state index in [0.717, 1.165) is 0 Å². The number of esters is 1. The van der Waals surface area contributed by atoms with E-state index in [-0.39, 0.29) is 19.7 Å². The number of aliphatic hydroxyl groups excluding tert-OH is 1. The van der Waals surface area contributed by atoms with Crippen molar-refractivity contribution < 1.29 is 24.2 Å². The van der Waals surface area contributed by atoms with E-state index in [1.54, 1.807) is 0 Å². The molecule has 0 aliphatic rings. The van der Waals surface area contributed by atoms with E-state index in [2.05, 4.69) is 9.47 Å². The Morgan fingerprint density at radius 1 is 1.73 bits per heavy atom. The number of hydrogen-bond donors (Lipinski definition) is 1. The van der Waals surface area contributed by atoms with Gasteiger partial charge < -0.3 is 14.6 Å². The van der Waals surface area contributed by atoms with Crippen molar-refractivity contribution in [3.63, 3.8) is 0 Å². The number of carbonyl (C=O) groups excluding carboxylic acids is 2. The molecule has 0 aromatic heterocycles. The summed E-state index contributed by atoms with van der Waals surface area (Å²) < 4.78 is 8.80. The number of carbonyl (C=O) groups is 2. The highest BCUT2D eigenvalue weighted by atomic mass is 16.6. The fourth-order valence-corrected chi connectivity index (χ4v) is 0.505. The summed E-state index contributed by atoms with van der Waals surface area (Å²) in [6.45, 7) is 0.975. The molecule has 5 heteroatoms. The zero-order valence-electron chi connectivity index (χ0n) is 6.15. The highest BCUT2D eigenvalue weighted by Gasteiger charge is 2.10. The lowest BCUT2D eigenvalue weighted by molar-refractivity contribution is -0.154. The molecule has 0 saturated heterocycles. The minimum atomic E-state index is -0.752. The van der Waals surface area contributed by atoms with Crippen LogP contribution in [0.25, 0.3) is 0 Å². The Balaban J connectivity index is 3.57. The zero-order chi connectivity index (χ0) is 8.69. The third-order valence-electron chi connectivity index (χ3n) is 0.886. The van der Waals surface area contributed by atoms with E-state index < -0.39 is 12.1 Å². The standard InChI is InChI=1S/C6H10O5/c1-5(9)11-6(2-7)3-10-4-8/h4,6-7H,2-3H2,1H3. The van der Waals surface area contributed by atoms with Crippen molar-refractivity contribution in [1.29, 1.82) is 0 Å². The highest BCUT2D eigenvalue weighted by Crippen LogP contribution is 1.91. The Hall–Kier alpha value is -1.10. The van der Waals surface area contributed by atoms with E-state index in [4.69, 9.17) is 5.11 Å². The quantitative estimate of drug-likeness (QED) is 0.418. The fourth-order valence-electron chi connectivity index (χ4n) is 0.505. The summed E-state index contributed by atoms with van der Waals surface area (Å²) in [6, 6.07) is 0. The topological polar surface area (TPSA) is 72.8 Å². The van der Waals surface area contributed by atoms with Gasteiger partial charge in [0.25, 0.3) is 6.47 Å². The minimum Gasteiger partial charge on any atom is -0.464 e. The molecule has 1 N–H and O–H groups in total. The fraction of sp³-hybridized carbons (Fsp3) is 0.667. The molecule has 0 heterocycles. The zero-order valence-corrected chi connectivity index (χ0v) is 6.15. The van der Waals surface area contributed by atoms with Crippen LogP contribution in [0.3, 0.4) is 0 Å². The van der Waals surface area contributed by atoms with Gasteiger partial charge in [0.1, 0.15) is 6.61 Å². The molecule has 0 aliphatic carbocycles. The molecule has 64 valence electrons. The van der Waals surface area contributed by atoms with Crippen LogP contribution in [0.15, 0.2) is 0 Å². The van der Waals surface area contributed by atoms with Gasteiger partial charge >= 0.3 is 5.97 Å². The molecule has 0 saturated carbocycles. The van der Waals surface area contributed by atoms with Gasteiger partial charge in [-0.3, -0.25) is 9.59 Å². The lowest BCUT2D eigenvalue weighted by Gasteiger charge is -2.11. The van der Waals surface area contributed by atoms with Crippen LogP contribution in [0.5, 0.6) is 0 Å². The summed E-state index contributed by atoms with van der Waals surface area (Å²) in [5.41, 5.74) is 0. The summed E-state index contributed by atoms with van der Waals surface area (Å²) in [5.74, 6) is -0.515. The lowest BCUT2D eigenvalue weighted by atomic mass is 10.4. The molecule has 0 rings (SSSR count). The Morgan fingerprint density at radius 2 is 2.36 bits per heavy atom. The molecule has 0 radical (unpaired) electrons. The highest BCUT2D eigenvalue weighted by molar-refractivity contribution is 5.66. The van der Waals surface area contributed by atoms with Crippen molar-refractivity contribution in [2.75, 3.05) is 13.2 Å². The molecule has 1 unspecified atom stereocenters. The van der Waals surface area contributed by atoms with Gasteiger partial charge in [-0.05, 0) is 0 Å². The van der Waals surface area contributed by atoms with Gasteiger partial charge in [-0.1, -0.05) is 0 Å². The molecule has 1 atom stereocenters. The van der Waals surface area contributed by atoms with Crippen LogP contribution in [0.2, 0.25) is 0 Å². The molecule has 5 nitrogen and oxygen atoms in total. The van der Waals surface area contributed by atoms with E-state index in [1.165, 1.54) is 6.92 Å². The number of rotatable bonds is 5. The van der Waals surface area contributed by atoms with Crippen LogP contribution in [0.1, 0.15) is 6.92 Å². The van der Waals surface area contributed by atoms with E-state index in [0.29, 0.717) is 0 Å². The van der Waals surface area contributed by atoms with Gasteiger partial charge in [-0.15, -0.1) is 0 Å². The van der Waals surface area contributed by atoms with Gasteiger partial charge in [0.05, 0.1) is 6.61 Å². The molecular weight excluding hydrogens is 152 g/mol. The molecular formula is C6H10O5. The van der Waals surface area contributed by atoms with Crippen LogP contribution in [-0.4, -0.2) is 36.9 Å². The second kappa shape index (κ2) is 5.67. The molecule has 0 amide bonds. The summed E-state index contributed by atoms with van der Waals surface area (Å²) in [5, 5.41) is 8.53. The van der Waals surface area contributed by atoms with Crippen molar-refractivity contribution in [3.8, 4) is 0 Å². The summed E-state index contributed by atoms with van der Waals surface area (Å²) in [7, 11) is 0. The normalized spacial score (nSPS) is 11.8. The first kappa shape index (κ1) is 9.90. The van der Waals surface area contributed by atoms with Crippen molar-refractivity contribution in [2.45, 2.75) is 13.0 Å². The number of ether oxygens (including phenoxy) is 2. The first-order valence-electron chi connectivity index (χ1n) is 3.04. The Morgan fingerprint density at radius 3 is 2.73 bits per heavy atom. The molecule has 0 aliphatic heterocycles. The predicted octanol–water partition coefficient (Wildman–Crippen LogP) is -0.917. The van der Waals surface area contributed by atoms with Crippen molar-refractivity contribution in [1.82, 2.24) is 0 Å². The first-order chi connectivity index (χ1) is 5.20. The molecule has 0 aromatic rings. The second-order valence-electron chi connectivity index (χ2n) is 1.84. The maximum Gasteiger partial charge on any atom is 0.303 e. The van der Waals surface area contributed by atoms with Crippen molar-refractivity contribution in [2.24, 2.45) is 0 Å². The maximum atomic E-state index is 10.3. The molecule has 0 spiro atoms. The summed E-state index contributed by atoms with van der Waals surface area (Å²) in [6.07, 6.45) is -0.752. The number of hydrogen-bond acceptors (Lipinski definition) is 5. The van der Waals surface area contributed by atoms with E-state index >= 15 is 0 Å². The van der Waals surface area contributed by atoms with Gasteiger partial charge in [0.15, 0.2) is 6.10 Å². The third kappa shape index (κ3) is 5.35. The SMILES string of the molecule is CC(=O)OC(CO)COC=O. The van der Waals surface area contributed by atoms with Gasteiger partial charge in [-0.2, -0.15) is 0 Å². The molecule has 0 bridgehead atoms. The summed E-state index contributed by atoms with van der Waals surface area (Å²) >= 11 is 0. The Kier molecular flexibility index (Phi) is 5.10. The van der Waals surface area contributed by atoms with Crippen LogP contribution >= 0.6 is 0 Å². The first-order valence-corrected chi connectivity index (χ1v) is 3.04. The smallest absolute Gasteiger partial charge is 0.303 e. The van der Waals surface area contributed by atoms with Crippen LogP contribution in [0, 0.1) is 0 Å². The van der Waals surface area contributed by atoms with Gasteiger partial charge in [-0.25, -0.2) is 0 Å². The van der Waals surface area contributed by atoms with Crippen LogP contribution in [0.4, 0.5) is 0 Å². The molecule has 0 aromatic carbocycles. The monoisotopic (exact) mass is 162 g/mol. The lowest BCUT2D eigenvalue weighted by Crippen LogP contribution is -2.25. The molecule has 0 fully saturated rings. The number of aliphatic hydroxyl groups is 1. The average Bonchev–Trinajstić information content (AvgIpc) is 1.97. The Bertz CT molecular complexity index is 133. The third-order valence-corrected chi connectivity index (χ3v) is 0.886. The average molecular weight is 162 g/mol. The van der Waals surface area contributed by atoms with Crippen LogP contribution < -0.4 is 0 Å². The molecule has 11 heavy (non-hydrogen) atoms. The largest absolute Gasteiger partial charge is 0.464 e. The maximum absolute atomic E-state index is 10.3.